The number of carbonyl (C=O) groups excluding carboxylic acids is 1. The first-order valence-corrected chi connectivity index (χ1v) is 5.94. The van der Waals surface area contributed by atoms with E-state index in [0.717, 1.165) is 11.8 Å². The minimum Gasteiger partial charge on any atom is -0.438 e. The van der Waals surface area contributed by atoms with Gasteiger partial charge < -0.3 is 4.74 Å². The monoisotopic (exact) mass is 309 g/mol. The van der Waals surface area contributed by atoms with Crippen molar-refractivity contribution >= 4 is 22.2 Å². The van der Waals surface area contributed by atoms with Gasteiger partial charge in [-0.15, -0.1) is 0 Å². The maximum Gasteiger partial charge on any atom is 0.222 e. The number of aryl methyl sites for hydroxylation is 1. The quantitative estimate of drug-likeness (QED) is 0.807. The predicted molar refractivity (Wildman–Crippen MR) is 68.5 cm³/mol. The summed E-state index contributed by atoms with van der Waals surface area (Å²) in [6.07, 6.45) is 2.14. The number of aromatic nitrogens is 1. The number of rotatable bonds is 3. The normalized spacial score (nSPS) is 10.2. The summed E-state index contributed by atoms with van der Waals surface area (Å²) in [6, 6.07) is 5.79. The van der Waals surface area contributed by atoms with Gasteiger partial charge in [0.2, 0.25) is 5.88 Å². The van der Waals surface area contributed by atoms with Crippen LogP contribution in [0.2, 0.25) is 0 Å². The lowest BCUT2D eigenvalue weighted by molar-refractivity contribution is 0.112. The number of halogens is 2. The largest absolute Gasteiger partial charge is 0.438 e. The average Bonchev–Trinajstić information content (AvgIpc) is 2.34. The van der Waals surface area contributed by atoms with Crippen molar-refractivity contribution in [2.75, 3.05) is 0 Å². The van der Waals surface area contributed by atoms with Crippen LogP contribution < -0.4 is 4.74 Å². The van der Waals surface area contributed by atoms with Crippen LogP contribution in [0.3, 0.4) is 0 Å². The molecule has 0 atom stereocenters. The van der Waals surface area contributed by atoms with E-state index in [-0.39, 0.29) is 5.82 Å². The number of ether oxygens (including phenoxy) is 1. The van der Waals surface area contributed by atoms with Gasteiger partial charge in [0.15, 0.2) is 6.29 Å². The van der Waals surface area contributed by atoms with Crippen LogP contribution in [-0.2, 0) is 0 Å². The lowest BCUT2D eigenvalue weighted by atomic mass is 10.2. The van der Waals surface area contributed by atoms with Gasteiger partial charge in [-0.05, 0) is 47.1 Å². The molecule has 1 heterocycles. The van der Waals surface area contributed by atoms with Crippen molar-refractivity contribution in [2.45, 2.75) is 6.92 Å². The molecular weight excluding hydrogens is 301 g/mol. The summed E-state index contributed by atoms with van der Waals surface area (Å²) in [5.74, 6) is 0.494. The van der Waals surface area contributed by atoms with Crippen molar-refractivity contribution < 1.29 is 13.9 Å². The van der Waals surface area contributed by atoms with Gasteiger partial charge in [0.05, 0.1) is 4.47 Å². The standard InChI is InChI=1S/C13H9BrFNO2/c1-8-4-9(7-17)6-16-13(8)18-12-3-2-10(15)5-11(12)14/h2-7H,1H3. The highest BCUT2D eigenvalue weighted by Crippen LogP contribution is 2.30. The molecule has 0 aliphatic heterocycles. The molecule has 2 rings (SSSR count). The third-order valence-electron chi connectivity index (χ3n) is 2.29. The van der Waals surface area contributed by atoms with E-state index in [1.54, 1.807) is 13.0 Å². The Labute approximate surface area is 112 Å². The maximum atomic E-state index is 12.9. The molecule has 1 aromatic heterocycles. The highest BCUT2D eigenvalue weighted by atomic mass is 79.9. The van der Waals surface area contributed by atoms with Crippen LogP contribution in [0.15, 0.2) is 34.9 Å². The van der Waals surface area contributed by atoms with Gasteiger partial charge in [-0.1, -0.05) is 0 Å². The van der Waals surface area contributed by atoms with Crippen LogP contribution in [0.5, 0.6) is 11.6 Å². The van der Waals surface area contributed by atoms with E-state index in [4.69, 9.17) is 4.74 Å². The van der Waals surface area contributed by atoms with E-state index < -0.39 is 0 Å². The van der Waals surface area contributed by atoms with Crippen LogP contribution in [0.4, 0.5) is 4.39 Å². The molecular formula is C13H9BrFNO2. The molecule has 5 heteroatoms. The molecule has 0 spiro atoms. The number of hydrogen-bond donors (Lipinski definition) is 0. The first-order chi connectivity index (χ1) is 8.60. The second kappa shape index (κ2) is 5.27. The molecule has 2 aromatic rings. The summed E-state index contributed by atoms with van der Waals surface area (Å²) in [5.41, 5.74) is 1.22. The zero-order chi connectivity index (χ0) is 13.1. The molecule has 0 aliphatic rings. The molecule has 0 saturated heterocycles. The number of aldehydes is 1. The predicted octanol–water partition coefficient (Wildman–Crippen LogP) is 3.90. The minimum atomic E-state index is -0.352. The Morgan fingerprint density at radius 2 is 2.17 bits per heavy atom. The topological polar surface area (TPSA) is 39.2 Å². The summed E-state index contributed by atoms with van der Waals surface area (Å²) >= 11 is 3.21. The van der Waals surface area contributed by atoms with E-state index >= 15 is 0 Å². The molecule has 0 N–H and O–H groups in total. The highest BCUT2D eigenvalue weighted by Gasteiger charge is 2.08. The van der Waals surface area contributed by atoms with Crippen LogP contribution in [0.25, 0.3) is 0 Å². The Bertz CT molecular complexity index is 602. The zero-order valence-corrected chi connectivity index (χ0v) is 11.1. The Hall–Kier alpha value is -1.75. The van der Waals surface area contributed by atoms with Crippen molar-refractivity contribution in [3.05, 3.63) is 51.9 Å². The van der Waals surface area contributed by atoms with E-state index in [2.05, 4.69) is 20.9 Å². The smallest absolute Gasteiger partial charge is 0.222 e. The molecule has 18 heavy (non-hydrogen) atoms. The second-order valence-corrected chi connectivity index (χ2v) is 4.54. The third kappa shape index (κ3) is 2.73. The lowest BCUT2D eigenvalue weighted by Crippen LogP contribution is -1.94. The third-order valence-corrected chi connectivity index (χ3v) is 2.91. The Kier molecular flexibility index (Phi) is 3.72. The van der Waals surface area contributed by atoms with Crippen molar-refractivity contribution in [3.63, 3.8) is 0 Å². The first-order valence-electron chi connectivity index (χ1n) is 5.15. The molecule has 0 fully saturated rings. The SMILES string of the molecule is Cc1cc(C=O)cnc1Oc1ccc(F)cc1Br. The first kappa shape index (κ1) is 12.7. The van der Waals surface area contributed by atoms with Crippen molar-refractivity contribution in [2.24, 2.45) is 0 Å². The Balaban J connectivity index is 2.31. The fraction of sp³-hybridized carbons (Fsp3) is 0.0769. The van der Waals surface area contributed by atoms with Gasteiger partial charge in [0, 0.05) is 17.3 Å². The molecule has 0 amide bonds. The van der Waals surface area contributed by atoms with E-state index in [0.29, 0.717) is 21.7 Å². The van der Waals surface area contributed by atoms with Crippen molar-refractivity contribution in [1.82, 2.24) is 4.98 Å². The van der Waals surface area contributed by atoms with Gasteiger partial charge in [-0.2, -0.15) is 0 Å². The molecule has 0 saturated carbocycles. The molecule has 3 nitrogen and oxygen atoms in total. The second-order valence-electron chi connectivity index (χ2n) is 3.69. The minimum absolute atomic E-state index is 0.352. The van der Waals surface area contributed by atoms with Crippen LogP contribution in [-0.4, -0.2) is 11.3 Å². The van der Waals surface area contributed by atoms with Gasteiger partial charge >= 0.3 is 0 Å². The summed E-state index contributed by atoms with van der Waals surface area (Å²) in [7, 11) is 0. The number of hydrogen-bond acceptors (Lipinski definition) is 3. The summed E-state index contributed by atoms with van der Waals surface area (Å²) in [5, 5.41) is 0. The van der Waals surface area contributed by atoms with Crippen molar-refractivity contribution in [1.29, 1.82) is 0 Å². The fourth-order valence-corrected chi connectivity index (χ4v) is 1.85. The van der Waals surface area contributed by atoms with Crippen LogP contribution >= 0.6 is 15.9 Å². The lowest BCUT2D eigenvalue weighted by Gasteiger charge is -2.09. The van der Waals surface area contributed by atoms with Gasteiger partial charge in [-0.3, -0.25) is 4.79 Å². The van der Waals surface area contributed by atoms with Crippen LogP contribution in [0.1, 0.15) is 15.9 Å². The zero-order valence-electron chi connectivity index (χ0n) is 9.48. The number of pyridine rings is 1. The summed E-state index contributed by atoms with van der Waals surface area (Å²) < 4.78 is 19.0. The molecule has 0 aliphatic carbocycles. The fourth-order valence-electron chi connectivity index (χ4n) is 1.42. The molecule has 1 aromatic carbocycles. The highest BCUT2D eigenvalue weighted by molar-refractivity contribution is 9.10. The maximum absolute atomic E-state index is 12.9. The van der Waals surface area contributed by atoms with E-state index in [1.807, 2.05) is 0 Å². The van der Waals surface area contributed by atoms with E-state index in [1.165, 1.54) is 24.4 Å². The van der Waals surface area contributed by atoms with E-state index in [9.17, 15) is 9.18 Å². The van der Waals surface area contributed by atoms with Crippen molar-refractivity contribution in [3.8, 4) is 11.6 Å². The molecule has 0 unspecified atom stereocenters. The van der Waals surface area contributed by atoms with Gasteiger partial charge in [0.1, 0.15) is 11.6 Å². The number of nitrogens with zero attached hydrogens (tertiary/aromatic N) is 1. The summed E-state index contributed by atoms with van der Waals surface area (Å²) in [4.78, 5) is 14.6. The number of benzene rings is 1. The Morgan fingerprint density at radius 3 is 2.78 bits per heavy atom. The molecule has 0 radical (unpaired) electrons. The van der Waals surface area contributed by atoms with Gasteiger partial charge in [-0.25, -0.2) is 9.37 Å². The Morgan fingerprint density at radius 1 is 1.39 bits per heavy atom. The average molecular weight is 310 g/mol. The molecule has 92 valence electrons. The molecule has 0 bridgehead atoms. The van der Waals surface area contributed by atoms with Gasteiger partial charge in [0.25, 0.3) is 0 Å². The summed E-state index contributed by atoms with van der Waals surface area (Å²) in [6.45, 7) is 1.78. The van der Waals surface area contributed by atoms with Crippen LogP contribution in [0, 0.1) is 12.7 Å². The number of carbonyl (C=O) groups is 1.